The molecule has 0 N–H and O–H groups in total. The molecule has 4 aromatic rings. The molecule has 1 aliphatic heterocycles. The fourth-order valence-corrected chi connectivity index (χ4v) is 5.46. The van der Waals surface area contributed by atoms with E-state index in [1.807, 2.05) is 6.07 Å². The molecule has 0 bridgehead atoms. The van der Waals surface area contributed by atoms with Crippen molar-refractivity contribution >= 4 is 39.0 Å². The Morgan fingerprint density at radius 1 is 0.900 bits per heavy atom. The number of thiophene rings is 1. The summed E-state index contributed by atoms with van der Waals surface area (Å²) in [4.78, 5) is 16.3. The third-order valence-electron chi connectivity index (χ3n) is 5.66. The molecule has 0 aliphatic carbocycles. The molecule has 1 aliphatic rings. The fourth-order valence-electron chi connectivity index (χ4n) is 4.21. The van der Waals surface area contributed by atoms with Gasteiger partial charge in [0.05, 0.1) is 5.39 Å². The molecule has 5 rings (SSSR count). The smallest absolute Gasteiger partial charge is 0.225 e. The molecule has 0 unspecified atom stereocenters. The number of piperazine rings is 1. The Balaban J connectivity index is 1.46. The number of fused-ring (bicyclic) bond motifs is 1. The number of anilines is 1. The highest BCUT2D eigenvalue weighted by molar-refractivity contribution is 7.19. The topological polar surface area (TPSA) is 32.3 Å². The number of halogens is 1. The molecule has 30 heavy (non-hydrogen) atoms. The minimum atomic E-state index is 0.324. The summed E-state index contributed by atoms with van der Waals surface area (Å²) in [6.45, 7) is 7.01. The second-order valence-electron chi connectivity index (χ2n) is 7.64. The van der Waals surface area contributed by atoms with Crippen LogP contribution >= 0.6 is 22.9 Å². The van der Waals surface area contributed by atoms with Crippen molar-refractivity contribution < 1.29 is 0 Å². The normalized spacial score (nSPS) is 15.1. The van der Waals surface area contributed by atoms with Crippen LogP contribution in [0.2, 0.25) is 5.28 Å². The molecule has 0 atom stereocenters. The van der Waals surface area contributed by atoms with E-state index in [4.69, 9.17) is 16.6 Å². The molecular weight excluding hydrogens is 412 g/mol. The maximum Gasteiger partial charge on any atom is 0.225 e. The van der Waals surface area contributed by atoms with Gasteiger partial charge in [-0.3, -0.25) is 4.90 Å². The summed E-state index contributed by atoms with van der Waals surface area (Å²) in [6, 6.07) is 21.2. The van der Waals surface area contributed by atoms with Crippen molar-refractivity contribution in [2.24, 2.45) is 0 Å². The van der Waals surface area contributed by atoms with E-state index in [1.165, 1.54) is 21.6 Å². The van der Waals surface area contributed by atoms with Crippen molar-refractivity contribution in [1.82, 2.24) is 14.9 Å². The molecular formula is C24H23ClN4S. The van der Waals surface area contributed by atoms with Crippen LogP contribution in [0.4, 0.5) is 5.82 Å². The lowest BCUT2D eigenvalue weighted by atomic mass is 10.0. The van der Waals surface area contributed by atoms with Crippen LogP contribution < -0.4 is 4.90 Å². The molecule has 3 heterocycles. The zero-order valence-corrected chi connectivity index (χ0v) is 18.5. The lowest BCUT2D eigenvalue weighted by molar-refractivity contribution is 0.249. The Labute approximate surface area is 185 Å². The van der Waals surface area contributed by atoms with Gasteiger partial charge in [0.25, 0.3) is 0 Å². The van der Waals surface area contributed by atoms with Gasteiger partial charge in [0, 0.05) is 43.2 Å². The lowest BCUT2D eigenvalue weighted by Gasteiger charge is -2.35. The highest BCUT2D eigenvalue weighted by atomic mass is 35.5. The van der Waals surface area contributed by atoms with Gasteiger partial charge in [0.1, 0.15) is 10.6 Å². The summed E-state index contributed by atoms with van der Waals surface area (Å²) in [5.41, 5.74) is 3.79. The van der Waals surface area contributed by atoms with Crippen LogP contribution in [0.3, 0.4) is 0 Å². The van der Waals surface area contributed by atoms with Crippen molar-refractivity contribution in [3.63, 3.8) is 0 Å². The van der Waals surface area contributed by atoms with Gasteiger partial charge in [-0.25, -0.2) is 4.98 Å². The minimum Gasteiger partial charge on any atom is -0.353 e. The summed E-state index contributed by atoms with van der Waals surface area (Å²) in [5, 5.41) is 1.45. The summed E-state index contributed by atoms with van der Waals surface area (Å²) in [6.07, 6.45) is 0. The van der Waals surface area contributed by atoms with Crippen LogP contribution in [0.15, 0.2) is 60.7 Å². The third kappa shape index (κ3) is 3.81. The molecule has 0 amide bonds. The highest BCUT2D eigenvalue weighted by Crippen LogP contribution is 2.42. The molecule has 6 heteroatoms. The Morgan fingerprint density at radius 2 is 1.57 bits per heavy atom. The molecule has 2 aromatic heterocycles. The monoisotopic (exact) mass is 434 g/mol. The first-order chi connectivity index (χ1) is 14.7. The minimum absolute atomic E-state index is 0.324. The van der Waals surface area contributed by atoms with E-state index in [-0.39, 0.29) is 0 Å². The number of aromatic nitrogens is 2. The van der Waals surface area contributed by atoms with E-state index >= 15 is 0 Å². The summed E-state index contributed by atoms with van der Waals surface area (Å²) >= 11 is 8.03. The number of aryl methyl sites for hydroxylation is 1. The Hall–Kier alpha value is -2.47. The van der Waals surface area contributed by atoms with E-state index < -0.39 is 0 Å². The van der Waals surface area contributed by atoms with Crippen LogP contribution in [0.1, 0.15) is 10.4 Å². The molecule has 0 saturated carbocycles. The second kappa shape index (κ2) is 8.34. The van der Waals surface area contributed by atoms with Gasteiger partial charge in [-0.1, -0.05) is 60.7 Å². The van der Waals surface area contributed by atoms with Crippen molar-refractivity contribution in [1.29, 1.82) is 0 Å². The van der Waals surface area contributed by atoms with Gasteiger partial charge in [-0.05, 0) is 29.7 Å². The van der Waals surface area contributed by atoms with Crippen LogP contribution in [0.5, 0.6) is 0 Å². The highest BCUT2D eigenvalue weighted by Gasteiger charge is 2.24. The standard InChI is InChI=1S/C24H23ClN4S/c1-17-20(19-10-6-3-7-11-19)21-22(26-24(25)27-23(21)30-17)29-14-12-28(13-15-29)16-18-8-4-2-5-9-18/h2-11H,12-16H2,1H3. The van der Waals surface area contributed by atoms with E-state index in [0.29, 0.717) is 5.28 Å². The van der Waals surface area contributed by atoms with Gasteiger partial charge in [-0.2, -0.15) is 4.98 Å². The largest absolute Gasteiger partial charge is 0.353 e. The van der Waals surface area contributed by atoms with Crippen LogP contribution in [-0.4, -0.2) is 41.0 Å². The molecule has 4 nitrogen and oxygen atoms in total. The predicted molar refractivity (Wildman–Crippen MR) is 127 cm³/mol. The van der Waals surface area contributed by atoms with E-state index in [9.17, 15) is 0 Å². The van der Waals surface area contributed by atoms with Gasteiger partial charge < -0.3 is 4.90 Å². The average molecular weight is 435 g/mol. The van der Waals surface area contributed by atoms with Gasteiger partial charge in [0.2, 0.25) is 5.28 Å². The molecule has 0 radical (unpaired) electrons. The van der Waals surface area contributed by atoms with Gasteiger partial charge >= 0.3 is 0 Å². The molecule has 1 fully saturated rings. The predicted octanol–water partition coefficient (Wildman–Crippen LogP) is 5.64. The van der Waals surface area contributed by atoms with Crippen LogP contribution in [0.25, 0.3) is 21.3 Å². The van der Waals surface area contributed by atoms with Crippen molar-refractivity contribution in [2.75, 3.05) is 31.1 Å². The lowest BCUT2D eigenvalue weighted by Crippen LogP contribution is -2.46. The summed E-state index contributed by atoms with van der Waals surface area (Å²) in [5.74, 6) is 0.965. The fraction of sp³-hybridized carbons (Fsp3) is 0.250. The van der Waals surface area contributed by atoms with Gasteiger partial charge in [-0.15, -0.1) is 11.3 Å². The van der Waals surface area contributed by atoms with Crippen LogP contribution in [0, 0.1) is 6.92 Å². The maximum absolute atomic E-state index is 6.33. The molecule has 2 aromatic carbocycles. The second-order valence-corrected chi connectivity index (χ2v) is 9.19. The van der Waals surface area contributed by atoms with Crippen molar-refractivity contribution in [3.05, 3.63) is 76.4 Å². The van der Waals surface area contributed by atoms with E-state index in [2.05, 4.69) is 76.3 Å². The van der Waals surface area contributed by atoms with Crippen LogP contribution in [-0.2, 0) is 6.54 Å². The Kier molecular flexibility index (Phi) is 5.42. The number of rotatable bonds is 4. The maximum atomic E-state index is 6.33. The SMILES string of the molecule is Cc1sc2nc(Cl)nc(N3CCN(Cc4ccccc4)CC3)c2c1-c1ccccc1. The third-order valence-corrected chi connectivity index (χ3v) is 6.83. The zero-order valence-electron chi connectivity index (χ0n) is 16.9. The quantitative estimate of drug-likeness (QED) is 0.389. The summed E-state index contributed by atoms with van der Waals surface area (Å²) in [7, 11) is 0. The molecule has 152 valence electrons. The van der Waals surface area contributed by atoms with Crippen molar-refractivity contribution in [3.8, 4) is 11.1 Å². The average Bonchev–Trinajstić information content (AvgIpc) is 3.10. The summed E-state index contributed by atoms with van der Waals surface area (Å²) < 4.78 is 0. The zero-order chi connectivity index (χ0) is 20.5. The Morgan fingerprint density at radius 3 is 2.27 bits per heavy atom. The molecule has 1 saturated heterocycles. The van der Waals surface area contributed by atoms with Crippen molar-refractivity contribution in [2.45, 2.75) is 13.5 Å². The van der Waals surface area contributed by atoms with Gasteiger partial charge in [0.15, 0.2) is 0 Å². The Bertz CT molecular complexity index is 1150. The number of hydrogen-bond acceptors (Lipinski definition) is 5. The first-order valence-electron chi connectivity index (χ1n) is 10.2. The van der Waals surface area contributed by atoms with E-state index in [0.717, 1.165) is 48.8 Å². The molecule has 0 spiro atoms. The number of nitrogens with zero attached hydrogens (tertiary/aromatic N) is 4. The first-order valence-corrected chi connectivity index (χ1v) is 11.4. The van der Waals surface area contributed by atoms with E-state index in [1.54, 1.807) is 11.3 Å². The number of hydrogen-bond donors (Lipinski definition) is 0. The first kappa shape index (κ1) is 19.5. The number of benzene rings is 2.